The quantitative estimate of drug-likeness (QED) is 0.770. The highest BCUT2D eigenvalue weighted by Gasteiger charge is 2.35. The van der Waals surface area contributed by atoms with Gasteiger partial charge in [0, 0.05) is 32.1 Å². The molecule has 0 atom stereocenters. The Morgan fingerprint density at radius 1 is 1.23 bits per heavy atom. The number of carbonyl (C=O) groups is 1. The van der Waals surface area contributed by atoms with Crippen LogP contribution in [0.3, 0.4) is 0 Å². The summed E-state index contributed by atoms with van der Waals surface area (Å²) in [7, 11) is 3.12. The number of alkyl halides is 3. The third-order valence-corrected chi connectivity index (χ3v) is 3.81. The van der Waals surface area contributed by atoms with Gasteiger partial charge >= 0.3 is 6.18 Å². The molecule has 0 saturated carbocycles. The molecule has 0 fully saturated rings. The molecule has 3 aromatic heterocycles. The predicted octanol–water partition coefficient (Wildman–Crippen LogP) is 2.16. The van der Waals surface area contributed by atoms with Gasteiger partial charge in [-0.3, -0.25) is 19.1 Å². The first-order valence-electron chi connectivity index (χ1n) is 7.57. The SMILES string of the molecule is Cn1cc(-c2ncccc2C(=O)NCc2c(C(F)(F)F)cnn2C)cn1. The summed E-state index contributed by atoms with van der Waals surface area (Å²) in [4.78, 5) is 16.7. The summed E-state index contributed by atoms with van der Waals surface area (Å²) >= 11 is 0. The monoisotopic (exact) mass is 364 g/mol. The summed E-state index contributed by atoms with van der Waals surface area (Å²) in [6, 6.07) is 3.14. The molecule has 0 aliphatic carbocycles. The minimum absolute atomic E-state index is 0.127. The van der Waals surface area contributed by atoms with Crippen LogP contribution in [0.5, 0.6) is 0 Å². The van der Waals surface area contributed by atoms with Gasteiger partial charge in [0.25, 0.3) is 5.91 Å². The van der Waals surface area contributed by atoms with Gasteiger partial charge in [0.2, 0.25) is 0 Å². The maximum Gasteiger partial charge on any atom is 0.419 e. The van der Waals surface area contributed by atoms with Crippen molar-refractivity contribution in [3.8, 4) is 11.3 Å². The van der Waals surface area contributed by atoms with E-state index in [0.29, 0.717) is 11.3 Å². The standard InChI is InChI=1S/C16H15F3N6O/c1-24-9-10(6-22-24)14-11(4-3-5-20-14)15(26)21-8-13-12(16(17,18)19)7-23-25(13)2/h3-7,9H,8H2,1-2H3,(H,21,26). The second kappa shape index (κ2) is 6.62. The molecule has 136 valence electrons. The molecule has 3 rings (SSSR count). The molecule has 0 spiro atoms. The van der Waals surface area contributed by atoms with Gasteiger partial charge in [0.15, 0.2) is 0 Å². The van der Waals surface area contributed by atoms with Crippen LogP contribution in [0.15, 0.2) is 36.9 Å². The lowest BCUT2D eigenvalue weighted by Gasteiger charge is -2.11. The first-order chi connectivity index (χ1) is 12.3. The van der Waals surface area contributed by atoms with E-state index in [4.69, 9.17) is 0 Å². The Kier molecular flexibility index (Phi) is 4.49. The number of halogens is 3. The molecule has 10 heteroatoms. The summed E-state index contributed by atoms with van der Waals surface area (Å²) in [6.45, 7) is -0.314. The summed E-state index contributed by atoms with van der Waals surface area (Å²) in [6.07, 6.45) is 0.988. The van der Waals surface area contributed by atoms with Gasteiger partial charge in [-0.25, -0.2) is 0 Å². The number of rotatable bonds is 4. The van der Waals surface area contributed by atoms with E-state index >= 15 is 0 Å². The van der Waals surface area contributed by atoms with E-state index in [0.717, 1.165) is 10.9 Å². The number of nitrogens with zero attached hydrogens (tertiary/aromatic N) is 5. The van der Waals surface area contributed by atoms with Crippen LogP contribution >= 0.6 is 0 Å². The van der Waals surface area contributed by atoms with Crippen molar-refractivity contribution in [3.05, 3.63) is 53.7 Å². The van der Waals surface area contributed by atoms with Crippen molar-refractivity contribution >= 4 is 5.91 Å². The number of hydrogen-bond acceptors (Lipinski definition) is 4. The van der Waals surface area contributed by atoms with Crippen molar-refractivity contribution < 1.29 is 18.0 Å². The average molecular weight is 364 g/mol. The topological polar surface area (TPSA) is 77.6 Å². The Morgan fingerprint density at radius 3 is 2.65 bits per heavy atom. The molecule has 0 unspecified atom stereocenters. The number of aryl methyl sites for hydroxylation is 2. The van der Waals surface area contributed by atoms with E-state index in [-0.39, 0.29) is 17.8 Å². The van der Waals surface area contributed by atoms with Crippen molar-refractivity contribution in [1.29, 1.82) is 0 Å². The van der Waals surface area contributed by atoms with Crippen molar-refractivity contribution in [3.63, 3.8) is 0 Å². The average Bonchev–Trinajstić information content (AvgIpc) is 3.18. The molecular weight excluding hydrogens is 349 g/mol. The van der Waals surface area contributed by atoms with Crippen molar-refractivity contribution in [2.45, 2.75) is 12.7 Å². The highest BCUT2D eigenvalue weighted by Crippen LogP contribution is 2.31. The van der Waals surface area contributed by atoms with Crippen LogP contribution in [-0.4, -0.2) is 30.5 Å². The third-order valence-electron chi connectivity index (χ3n) is 3.81. The van der Waals surface area contributed by atoms with Crippen LogP contribution < -0.4 is 5.32 Å². The molecule has 1 N–H and O–H groups in total. The fraction of sp³-hybridized carbons (Fsp3) is 0.250. The Balaban J connectivity index is 1.84. The van der Waals surface area contributed by atoms with Crippen LogP contribution in [0, 0.1) is 0 Å². The number of nitrogens with one attached hydrogen (secondary N) is 1. The summed E-state index contributed by atoms with van der Waals surface area (Å²) in [5, 5.41) is 10.2. The third kappa shape index (κ3) is 3.44. The summed E-state index contributed by atoms with van der Waals surface area (Å²) < 4.78 is 41.7. The molecule has 0 aromatic carbocycles. The van der Waals surface area contributed by atoms with E-state index < -0.39 is 17.6 Å². The lowest BCUT2D eigenvalue weighted by atomic mass is 10.1. The fourth-order valence-corrected chi connectivity index (χ4v) is 2.53. The van der Waals surface area contributed by atoms with Gasteiger partial charge in [-0.15, -0.1) is 0 Å². The number of amides is 1. The molecule has 0 aliphatic rings. The highest BCUT2D eigenvalue weighted by atomic mass is 19.4. The van der Waals surface area contributed by atoms with E-state index in [2.05, 4.69) is 20.5 Å². The van der Waals surface area contributed by atoms with E-state index in [1.54, 1.807) is 36.3 Å². The minimum Gasteiger partial charge on any atom is -0.346 e. The van der Waals surface area contributed by atoms with E-state index in [1.807, 2.05) is 0 Å². The zero-order valence-electron chi connectivity index (χ0n) is 13.9. The van der Waals surface area contributed by atoms with Crippen LogP contribution in [0.4, 0.5) is 13.2 Å². The Labute approximate surface area is 146 Å². The number of pyridine rings is 1. The first-order valence-corrected chi connectivity index (χ1v) is 7.57. The largest absolute Gasteiger partial charge is 0.419 e. The van der Waals surface area contributed by atoms with Gasteiger partial charge in [-0.2, -0.15) is 23.4 Å². The van der Waals surface area contributed by atoms with Crippen molar-refractivity contribution in [1.82, 2.24) is 29.9 Å². The second-order valence-electron chi connectivity index (χ2n) is 5.61. The van der Waals surface area contributed by atoms with Crippen molar-refractivity contribution in [2.75, 3.05) is 0 Å². The molecule has 0 radical (unpaired) electrons. The van der Waals surface area contributed by atoms with E-state index in [9.17, 15) is 18.0 Å². The maximum absolute atomic E-state index is 13.0. The zero-order valence-corrected chi connectivity index (χ0v) is 13.9. The molecule has 0 bridgehead atoms. The summed E-state index contributed by atoms with van der Waals surface area (Å²) in [5.74, 6) is -0.536. The smallest absolute Gasteiger partial charge is 0.346 e. The molecule has 3 heterocycles. The molecular formula is C16H15F3N6O. The number of aromatic nitrogens is 5. The molecule has 3 aromatic rings. The lowest BCUT2D eigenvalue weighted by molar-refractivity contribution is -0.138. The highest BCUT2D eigenvalue weighted by molar-refractivity contribution is 5.99. The van der Waals surface area contributed by atoms with Gasteiger partial charge in [0.1, 0.15) is 0 Å². The number of hydrogen-bond donors (Lipinski definition) is 1. The van der Waals surface area contributed by atoms with Gasteiger partial charge in [-0.05, 0) is 12.1 Å². The maximum atomic E-state index is 13.0. The lowest BCUT2D eigenvalue weighted by Crippen LogP contribution is -2.26. The second-order valence-corrected chi connectivity index (χ2v) is 5.61. The summed E-state index contributed by atoms with van der Waals surface area (Å²) in [5.41, 5.74) is 0.279. The molecule has 0 saturated heterocycles. The Hall–Kier alpha value is -3.17. The molecule has 7 nitrogen and oxygen atoms in total. The van der Waals surface area contributed by atoms with E-state index in [1.165, 1.54) is 13.2 Å². The first kappa shape index (κ1) is 17.6. The van der Waals surface area contributed by atoms with Gasteiger partial charge in [-0.1, -0.05) is 0 Å². The van der Waals surface area contributed by atoms with Gasteiger partial charge in [0.05, 0.1) is 41.5 Å². The predicted molar refractivity (Wildman–Crippen MR) is 85.8 cm³/mol. The molecule has 26 heavy (non-hydrogen) atoms. The minimum atomic E-state index is -4.54. The van der Waals surface area contributed by atoms with Gasteiger partial charge < -0.3 is 5.32 Å². The van der Waals surface area contributed by atoms with Crippen LogP contribution in [0.25, 0.3) is 11.3 Å². The van der Waals surface area contributed by atoms with Crippen molar-refractivity contribution in [2.24, 2.45) is 14.1 Å². The van der Waals surface area contributed by atoms with Crippen LogP contribution in [-0.2, 0) is 26.8 Å². The number of carbonyl (C=O) groups excluding carboxylic acids is 1. The van der Waals surface area contributed by atoms with Crippen LogP contribution in [0.2, 0.25) is 0 Å². The molecule has 1 amide bonds. The fourth-order valence-electron chi connectivity index (χ4n) is 2.53. The Morgan fingerprint density at radius 2 is 2.00 bits per heavy atom. The Bertz CT molecular complexity index is 944. The molecule has 0 aliphatic heterocycles. The van der Waals surface area contributed by atoms with Crippen LogP contribution in [0.1, 0.15) is 21.6 Å². The normalized spacial score (nSPS) is 11.6. The zero-order chi connectivity index (χ0) is 18.9.